The number of hydrogen-bond donors (Lipinski definition) is 6. The van der Waals surface area contributed by atoms with E-state index < -0.39 is 112 Å². The van der Waals surface area contributed by atoms with Crippen molar-refractivity contribution in [2.75, 3.05) is 33.1 Å². The van der Waals surface area contributed by atoms with Crippen LogP contribution in [0.5, 0.6) is 11.5 Å². The third-order valence-electron chi connectivity index (χ3n) is 19.8. The number of ether oxygens (including phenoxy) is 6. The van der Waals surface area contributed by atoms with Gasteiger partial charge in [0.15, 0.2) is 12.4 Å². The zero-order valence-corrected chi connectivity index (χ0v) is 64.5. The number of phosphoric acid groups is 1. The summed E-state index contributed by atoms with van der Waals surface area (Å²) in [6, 6.07) is 13.6. The molecule has 6 N–H and O–H groups in total. The number of hydrogen-bond acceptors (Lipinski definition) is 16. The number of halogens is 1. The van der Waals surface area contributed by atoms with Gasteiger partial charge >= 0.3 is 13.8 Å². The Morgan fingerprint density at radius 3 is 1.38 bits per heavy atom. The highest BCUT2D eigenvalue weighted by atomic mass is 31.2. The van der Waals surface area contributed by atoms with E-state index in [2.05, 4.69) is 38.3 Å². The number of para-hydroxylation sites is 2. The number of nitrogens with one attached hydrogen (secondary N) is 2. The lowest BCUT2D eigenvalue weighted by atomic mass is 9.91. The molecule has 0 aliphatic carbocycles. The van der Waals surface area contributed by atoms with E-state index in [1.807, 2.05) is 0 Å². The average Bonchev–Trinajstić information content (AvgIpc) is 0.782. The molecule has 0 spiro atoms. The maximum Gasteiger partial charge on any atom is 0.588 e. The largest absolute Gasteiger partial charge is 0.588 e. The first-order chi connectivity index (χ1) is 49.6. The molecule has 2 aliphatic heterocycles. The Balaban J connectivity index is 1.63. The number of alkyl halides is 1. The number of aliphatic carboxylic acids is 1. The fourth-order valence-corrected chi connectivity index (χ4v) is 15.2. The molecule has 21 heteroatoms. The zero-order chi connectivity index (χ0) is 73.7. The molecule has 2 fully saturated rings. The van der Waals surface area contributed by atoms with Gasteiger partial charge in [-0.2, -0.15) is 0 Å². The normalized spacial score (nSPS) is 21.7. The van der Waals surface area contributed by atoms with Gasteiger partial charge in [0.2, 0.25) is 11.8 Å². The zero-order valence-electron chi connectivity index (χ0n) is 63.6. The minimum Gasteiger partial charge on any atom is -0.479 e. The van der Waals surface area contributed by atoms with Crippen LogP contribution in [0.3, 0.4) is 0 Å². The van der Waals surface area contributed by atoms with E-state index in [1.54, 1.807) is 60.7 Å². The van der Waals surface area contributed by atoms with E-state index >= 15 is 8.96 Å². The maximum atomic E-state index is 16.1. The van der Waals surface area contributed by atoms with Crippen LogP contribution < -0.4 is 19.7 Å². The van der Waals surface area contributed by atoms with Crippen molar-refractivity contribution in [2.45, 2.75) is 390 Å². The third-order valence-corrected chi connectivity index (χ3v) is 21.1. The second-order valence-corrected chi connectivity index (χ2v) is 30.4. The highest BCUT2D eigenvalue weighted by Crippen LogP contribution is 2.52. The van der Waals surface area contributed by atoms with Gasteiger partial charge in [-0.1, -0.05) is 295 Å². The van der Waals surface area contributed by atoms with Gasteiger partial charge in [0, 0.05) is 26.7 Å². The Morgan fingerprint density at radius 2 is 0.922 bits per heavy atom. The smallest absolute Gasteiger partial charge is 0.479 e. The van der Waals surface area contributed by atoms with Crippen molar-refractivity contribution < 1.29 is 85.8 Å². The number of carbonyl (C=O) groups is 3. The molecule has 2 aliphatic rings. The minimum absolute atomic E-state index is 0.00308. The molecule has 2 aromatic rings. The highest BCUT2D eigenvalue weighted by Gasteiger charge is 2.54. The quantitative estimate of drug-likeness (QED) is 0.0266. The summed E-state index contributed by atoms with van der Waals surface area (Å²) in [6.45, 7) is 8.65. The average molecular weight is 1460 g/mol. The maximum absolute atomic E-state index is 16.1. The van der Waals surface area contributed by atoms with Gasteiger partial charge in [-0.15, -0.1) is 0 Å². The number of unbranched alkanes of at least 4 members (excludes halogenated alkanes) is 33. The van der Waals surface area contributed by atoms with Crippen LogP contribution in [0.15, 0.2) is 60.7 Å². The number of aliphatic hydroxyl groups is 3. The topological polar surface area (TPSA) is 256 Å². The Labute approximate surface area is 614 Å². The lowest BCUT2D eigenvalue weighted by molar-refractivity contribution is -0.286. The Morgan fingerprint density at radius 1 is 0.490 bits per heavy atom. The number of rotatable bonds is 65. The summed E-state index contributed by atoms with van der Waals surface area (Å²) < 4.78 is 89.0. The van der Waals surface area contributed by atoms with Crippen molar-refractivity contribution in [3.8, 4) is 11.5 Å². The van der Waals surface area contributed by atoms with E-state index in [0.29, 0.717) is 32.3 Å². The van der Waals surface area contributed by atoms with Crippen LogP contribution in [0.25, 0.3) is 0 Å². The van der Waals surface area contributed by atoms with E-state index in [-0.39, 0.29) is 43.7 Å². The first-order valence-corrected chi connectivity index (χ1v) is 42.1. The number of aliphatic hydroxyl groups excluding tert-OH is 3. The summed E-state index contributed by atoms with van der Waals surface area (Å²) in [5.74, 6) is -2.52. The van der Waals surface area contributed by atoms with Crippen LogP contribution in [0.2, 0.25) is 0 Å². The van der Waals surface area contributed by atoms with E-state index in [1.165, 1.54) is 148 Å². The molecule has 13 atom stereocenters. The summed E-state index contributed by atoms with van der Waals surface area (Å²) in [4.78, 5) is 40.8. The van der Waals surface area contributed by atoms with Gasteiger partial charge in [0.25, 0.3) is 0 Å². The van der Waals surface area contributed by atoms with Crippen molar-refractivity contribution in [1.29, 1.82) is 0 Å². The molecule has 2 amide bonds. The molecule has 0 aromatic heterocycles. The molecule has 0 bridgehead atoms. The fraction of sp³-hybridized carbons (Fsp3) is 0.815. The summed E-state index contributed by atoms with van der Waals surface area (Å²) in [7, 11) is -4.84. The van der Waals surface area contributed by atoms with E-state index in [0.717, 1.165) is 96.3 Å². The molecular weight excluding hydrogens is 1320 g/mol. The summed E-state index contributed by atoms with van der Waals surface area (Å²) in [5.41, 5.74) is 0. The van der Waals surface area contributed by atoms with Crippen LogP contribution in [-0.4, -0.2) is 151 Å². The van der Waals surface area contributed by atoms with Crippen molar-refractivity contribution in [2.24, 2.45) is 0 Å². The molecule has 2 heterocycles. The predicted octanol–water partition coefficient (Wildman–Crippen LogP) is 18.3. The SMILES string of the molecule is CCCCCCCCCCCCO[C@H](CCCCCCCCCCC)CCO[C@@H]1[C@@H](NC(C)=O)[C@H](OC[C@H]2O[C@H](C(=O)O)[C@H](NC(=O)C[C@H](O)CCCCCCCCCCC)[C@@H](OCC[C@H](O)CCCCCCCCCCC)[C@@H]2O)O[C@H](CF)[C@@H]1OP(=O)(Oc1ccccc1)Oc1ccccc1. The van der Waals surface area contributed by atoms with Gasteiger partial charge in [0.1, 0.15) is 60.8 Å². The fourth-order valence-electron chi connectivity index (χ4n) is 13.8. The monoisotopic (exact) mass is 1460 g/mol. The summed E-state index contributed by atoms with van der Waals surface area (Å²) >= 11 is 0. The number of carboxylic acid groups (broad SMARTS) is 1. The van der Waals surface area contributed by atoms with Gasteiger partial charge < -0.3 is 68.5 Å². The molecule has 102 heavy (non-hydrogen) atoms. The van der Waals surface area contributed by atoms with Crippen molar-refractivity contribution in [3.05, 3.63) is 60.7 Å². The highest BCUT2D eigenvalue weighted by molar-refractivity contribution is 7.49. The van der Waals surface area contributed by atoms with Crippen LogP contribution in [0.4, 0.5) is 4.39 Å². The van der Waals surface area contributed by atoms with Crippen LogP contribution >= 0.6 is 7.82 Å². The molecule has 4 rings (SSSR count). The molecular formula is C81H140FN2O17P. The van der Waals surface area contributed by atoms with Gasteiger partial charge in [-0.05, 0) is 62.8 Å². The Kier molecular flexibility index (Phi) is 51.0. The molecule has 0 radical (unpaired) electrons. The Hall–Kier alpha value is -3.79. The second-order valence-electron chi connectivity index (χ2n) is 28.9. The first kappa shape index (κ1) is 90.6. The minimum atomic E-state index is -4.84. The lowest BCUT2D eigenvalue weighted by Gasteiger charge is -2.47. The first-order valence-electron chi connectivity index (χ1n) is 40.6. The number of carboxylic acids is 1. The Bertz CT molecular complexity index is 2380. The number of carbonyl (C=O) groups excluding carboxylic acids is 2. The third kappa shape index (κ3) is 39.7. The molecule has 0 unspecified atom stereocenters. The number of benzene rings is 2. The summed E-state index contributed by atoms with van der Waals surface area (Å²) in [6.07, 6.45) is 29.2. The predicted molar refractivity (Wildman–Crippen MR) is 402 cm³/mol. The van der Waals surface area contributed by atoms with E-state index in [4.69, 9.17) is 42.0 Å². The van der Waals surface area contributed by atoms with Crippen molar-refractivity contribution in [1.82, 2.24) is 10.6 Å². The molecule has 19 nitrogen and oxygen atoms in total. The molecule has 2 saturated heterocycles. The van der Waals surface area contributed by atoms with Crippen LogP contribution in [-0.2, 0) is 51.9 Å². The molecule has 0 saturated carbocycles. The molecule has 2 aromatic carbocycles. The van der Waals surface area contributed by atoms with Gasteiger partial charge in [-0.3, -0.25) is 14.1 Å². The van der Waals surface area contributed by atoms with Gasteiger partial charge in [0.05, 0.1) is 37.4 Å². The van der Waals surface area contributed by atoms with E-state index in [9.17, 15) is 34.8 Å². The standard InChI is InChI=1S/C81H140FN2O17P/c1-6-10-14-18-22-26-30-34-38-48-58-93-67(51-43-37-33-29-25-21-17-13-9-4)57-60-95-78-74(83-64(5)85)81(98-70(62-82)76(78)101-102(92,99-68-52-44-39-45-53-68)100-69-54-46-40-47-55-69)96-63-71-75(89)77(94-59-56-65(86)49-41-35-31-27-23-19-15-11-7-2)73(79(97-71)80(90)91)84-72(88)61-66(87)50-42-36-32-28-24-20-16-12-8-3/h39-40,44-47,52-55,65-67,70-71,73-79,81,86-87,89H,6-38,41-43,48-51,56-63H2,1-5H3,(H,83,85)(H,84,88)(H,90,91)/t65-,66-,67-,70-,71-,73-,74-,75-,76+,77-,78-,79+,81-/m1/s1. The number of amides is 2. The van der Waals surface area contributed by atoms with Crippen molar-refractivity contribution >= 4 is 25.6 Å². The van der Waals surface area contributed by atoms with Crippen LogP contribution in [0, 0.1) is 0 Å². The lowest BCUT2D eigenvalue weighted by Crippen LogP contribution is -2.68. The summed E-state index contributed by atoms with van der Waals surface area (Å²) in [5, 5.41) is 51.1. The van der Waals surface area contributed by atoms with Crippen molar-refractivity contribution in [3.63, 3.8) is 0 Å². The van der Waals surface area contributed by atoms with Crippen LogP contribution in [0.1, 0.15) is 311 Å². The molecule has 588 valence electrons. The van der Waals surface area contributed by atoms with Gasteiger partial charge in [-0.25, -0.2) is 13.8 Å². The second kappa shape index (κ2) is 57.4. The number of phosphoric ester groups is 1.